The highest BCUT2D eigenvalue weighted by atomic mass is 35.5. The third-order valence-corrected chi connectivity index (χ3v) is 4.16. The van der Waals surface area contributed by atoms with Gasteiger partial charge in [0.2, 0.25) is 0 Å². The fourth-order valence-corrected chi connectivity index (χ4v) is 2.80. The van der Waals surface area contributed by atoms with Crippen LogP contribution in [0.2, 0.25) is 0 Å². The molecule has 0 saturated carbocycles. The number of thioether (sulfide) groups is 1. The van der Waals surface area contributed by atoms with Crippen molar-refractivity contribution in [2.75, 3.05) is 25.4 Å². The van der Waals surface area contributed by atoms with Crippen molar-refractivity contribution in [3.05, 3.63) is 29.8 Å². The molecule has 0 bridgehead atoms. The van der Waals surface area contributed by atoms with Crippen LogP contribution in [0.25, 0.3) is 0 Å². The van der Waals surface area contributed by atoms with Gasteiger partial charge in [0.25, 0.3) is 5.91 Å². The lowest BCUT2D eigenvalue weighted by atomic mass is 10.1. The number of rotatable bonds is 5. The lowest BCUT2D eigenvalue weighted by molar-refractivity contribution is -0.134. The molecule has 1 aromatic carbocycles. The van der Waals surface area contributed by atoms with E-state index in [-0.39, 0.29) is 30.5 Å². The van der Waals surface area contributed by atoms with Crippen LogP contribution in [-0.2, 0) is 9.53 Å². The summed E-state index contributed by atoms with van der Waals surface area (Å²) in [5, 5.41) is 6.17. The second kappa shape index (κ2) is 9.30. The normalized spacial score (nSPS) is 19.4. The quantitative estimate of drug-likeness (QED) is 0.814. The highest BCUT2D eigenvalue weighted by Crippen LogP contribution is 2.20. The zero-order valence-corrected chi connectivity index (χ0v) is 14.1. The minimum atomic E-state index is -0.374. The number of morpholine rings is 1. The molecular weight excluding hydrogens is 308 g/mol. The summed E-state index contributed by atoms with van der Waals surface area (Å²) >= 11 is 1.82. The molecule has 2 rings (SSSR count). The van der Waals surface area contributed by atoms with Gasteiger partial charge in [0.1, 0.15) is 6.10 Å². The van der Waals surface area contributed by atoms with E-state index >= 15 is 0 Å². The topological polar surface area (TPSA) is 50.4 Å². The van der Waals surface area contributed by atoms with E-state index in [2.05, 4.69) is 41.8 Å². The molecule has 0 aliphatic carbocycles. The second-order valence-electron chi connectivity index (χ2n) is 4.80. The Balaban J connectivity index is 0.00000220. The van der Waals surface area contributed by atoms with Crippen molar-refractivity contribution in [3.63, 3.8) is 0 Å². The molecule has 1 fully saturated rings. The number of hydrogen-bond acceptors (Lipinski definition) is 4. The minimum Gasteiger partial charge on any atom is -0.366 e. The summed E-state index contributed by atoms with van der Waals surface area (Å²) in [6.07, 6.45) is -0.374. The second-order valence-corrected chi connectivity index (χ2v) is 6.13. The number of hydrogen-bond donors (Lipinski definition) is 2. The van der Waals surface area contributed by atoms with Crippen LogP contribution in [0.5, 0.6) is 0 Å². The third-order valence-electron chi connectivity index (χ3n) is 3.27. The summed E-state index contributed by atoms with van der Waals surface area (Å²) in [5.41, 5.74) is 1.11. The van der Waals surface area contributed by atoms with Crippen LogP contribution in [0.15, 0.2) is 29.2 Å². The maximum atomic E-state index is 12.1. The van der Waals surface area contributed by atoms with Gasteiger partial charge in [-0.15, -0.1) is 24.2 Å². The summed E-state index contributed by atoms with van der Waals surface area (Å²) in [6.45, 7) is 6.13. The lowest BCUT2D eigenvalue weighted by Gasteiger charge is -2.24. The van der Waals surface area contributed by atoms with E-state index in [9.17, 15) is 4.79 Å². The zero-order chi connectivity index (χ0) is 14.4. The average molecular weight is 331 g/mol. The Kier molecular flexibility index (Phi) is 8.11. The standard InChI is InChI=1S/C15H22N2O2S.ClH/c1-3-20-13-6-4-12(5-7-13)11(2)17-15(18)14-10-16-8-9-19-14;/h4-7,11,14,16H,3,8-10H2,1-2H3,(H,17,18);1H. The van der Waals surface area contributed by atoms with Gasteiger partial charge in [0, 0.05) is 18.0 Å². The molecule has 1 aromatic rings. The Bertz CT molecular complexity index is 436. The van der Waals surface area contributed by atoms with Gasteiger partial charge >= 0.3 is 0 Å². The molecular formula is C15H23ClN2O2S. The first-order valence-electron chi connectivity index (χ1n) is 7.06. The molecule has 21 heavy (non-hydrogen) atoms. The van der Waals surface area contributed by atoms with Gasteiger partial charge in [-0.25, -0.2) is 0 Å². The molecule has 2 atom stereocenters. The summed E-state index contributed by atoms with van der Waals surface area (Å²) in [4.78, 5) is 13.3. The van der Waals surface area contributed by atoms with Crippen molar-refractivity contribution in [3.8, 4) is 0 Å². The number of carbonyl (C=O) groups excluding carboxylic acids is 1. The van der Waals surface area contributed by atoms with Gasteiger partial charge in [-0.1, -0.05) is 19.1 Å². The van der Waals surface area contributed by atoms with E-state index in [4.69, 9.17) is 4.74 Å². The average Bonchev–Trinajstić information content (AvgIpc) is 2.49. The van der Waals surface area contributed by atoms with E-state index in [1.54, 1.807) is 0 Å². The van der Waals surface area contributed by atoms with Crippen LogP contribution in [-0.4, -0.2) is 37.5 Å². The number of ether oxygens (including phenoxy) is 1. The monoisotopic (exact) mass is 330 g/mol. The van der Waals surface area contributed by atoms with E-state index in [1.807, 2.05) is 18.7 Å². The molecule has 1 saturated heterocycles. The minimum absolute atomic E-state index is 0. The summed E-state index contributed by atoms with van der Waals surface area (Å²) in [6, 6.07) is 8.34. The molecule has 0 radical (unpaired) electrons. The van der Waals surface area contributed by atoms with Crippen molar-refractivity contribution < 1.29 is 9.53 Å². The predicted molar refractivity (Wildman–Crippen MR) is 89.3 cm³/mol. The molecule has 4 nitrogen and oxygen atoms in total. The number of benzene rings is 1. The van der Waals surface area contributed by atoms with Gasteiger partial charge in [0.05, 0.1) is 12.6 Å². The number of carbonyl (C=O) groups is 1. The van der Waals surface area contributed by atoms with Gasteiger partial charge in [-0.2, -0.15) is 0 Å². The molecule has 2 N–H and O–H groups in total. The van der Waals surface area contributed by atoms with Crippen LogP contribution < -0.4 is 10.6 Å². The first-order valence-corrected chi connectivity index (χ1v) is 8.04. The Labute approximate surface area is 136 Å². The van der Waals surface area contributed by atoms with Gasteiger partial charge < -0.3 is 15.4 Å². The highest BCUT2D eigenvalue weighted by Gasteiger charge is 2.23. The Hall–Kier alpha value is -0.750. The Morgan fingerprint density at radius 2 is 2.19 bits per heavy atom. The maximum absolute atomic E-state index is 12.1. The van der Waals surface area contributed by atoms with Crippen molar-refractivity contribution in [2.45, 2.75) is 30.9 Å². The van der Waals surface area contributed by atoms with Crippen molar-refractivity contribution >= 4 is 30.1 Å². The van der Waals surface area contributed by atoms with Crippen molar-refractivity contribution in [1.29, 1.82) is 0 Å². The first kappa shape index (κ1) is 18.3. The maximum Gasteiger partial charge on any atom is 0.250 e. The molecule has 6 heteroatoms. The molecule has 0 aromatic heterocycles. The van der Waals surface area contributed by atoms with Gasteiger partial charge in [-0.3, -0.25) is 4.79 Å². The lowest BCUT2D eigenvalue weighted by Crippen LogP contribution is -2.48. The Morgan fingerprint density at radius 3 is 2.76 bits per heavy atom. The largest absolute Gasteiger partial charge is 0.366 e. The van der Waals surface area contributed by atoms with Crippen LogP contribution >= 0.6 is 24.2 Å². The molecule has 2 unspecified atom stereocenters. The van der Waals surface area contributed by atoms with E-state index in [0.29, 0.717) is 13.2 Å². The highest BCUT2D eigenvalue weighted by molar-refractivity contribution is 7.99. The number of halogens is 1. The van der Waals surface area contributed by atoms with Gasteiger partial charge in [0.15, 0.2) is 0 Å². The molecule has 1 aliphatic heterocycles. The van der Waals surface area contributed by atoms with Crippen molar-refractivity contribution in [1.82, 2.24) is 10.6 Å². The smallest absolute Gasteiger partial charge is 0.250 e. The summed E-state index contributed by atoms with van der Waals surface area (Å²) in [7, 11) is 0. The van der Waals surface area contributed by atoms with Crippen LogP contribution in [0.3, 0.4) is 0 Å². The molecule has 1 amide bonds. The molecule has 0 spiro atoms. The van der Waals surface area contributed by atoms with Crippen LogP contribution in [0.4, 0.5) is 0 Å². The molecule has 118 valence electrons. The van der Waals surface area contributed by atoms with E-state index < -0.39 is 0 Å². The summed E-state index contributed by atoms with van der Waals surface area (Å²) < 4.78 is 5.45. The molecule has 1 heterocycles. The van der Waals surface area contributed by atoms with Crippen LogP contribution in [0.1, 0.15) is 25.5 Å². The fraction of sp³-hybridized carbons (Fsp3) is 0.533. The van der Waals surface area contributed by atoms with Crippen LogP contribution in [0, 0.1) is 0 Å². The summed E-state index contributed by atoms with van der Waals surface area (Å²) in [5.74, 6) is 1.02. The Morgan fingerprint density at radius 1 is 1.48 bits per heavy atom. The first-order chi connectivity index (χ1) is 9.70. The predicted octanol–water partition coefficient (Wildman–Crippen LogP) is 2.39. The SMILES string of the molecule is CCSc1ccc(C(C)NC(=O)C2CNCCO2)cc1.Cl. The van der Waals surface area contributed by atoms with Crippen molar-refractivity contribution in [2.24, 2.45) is 0 Å². The number of amides is 1. The molecule has 1 aliphatic rings. The van der Waals surface area contributed by atoms with E-state index in [0.717, 1.165) is 17.9 Å². The van der Waals surface area contributed by atoms with E-state index in [1.165, 1.54) is 4.90 Å². The van der Waals surface area contributed by atoms with Gasteiger partial charge in [-0.05, 0) is 30.4 Å². The fourth-order valence-electron chi connectivity index (χ4n) is 2.14. The zero-order valence-electron chi connectivity index (χ0n) is 12.4. The third kappa shape index (κ3) is 5.51. The number of nitrogens with one attached hydrogen (secondary N) is 2.